The molecule has 0 amide bonds. The van der Waals surface area contributed by atoms with Crippen LogP contribution in [0, 0.1) is 5.41 Å². The van der Waals surface area contributed by atoms with Gasteiger partial charge in [-0.3, -0.25) is 0 Å². The Morgan fingerprint density at radius 2 is 2.00 bits per heavy atom. The highest BCUT2D eigenvalue weighted by atomic mass is 32.2. The molecule has 0 fully saturated rings. The van der Waals surface area contributed by atoms with Gasteiger partial charge >= 0.3 is 0 Å². The lowest BCUT2D eigenvalue weighted by Gasteiger charge is -2.33. The van der Waals surface area contributed by atoms with E-state index in [2.05, 4.69) is 33.4 Å². The number of pyridine rings is 1. The third-order valence-electron chi connectivity index (χ3n) is 7.61. The largest absolute Gasteiger partial charge is 0.491 e. The zero-order valence-electron chi connectivity index (χ0n) is 22.8. The average Bonchev–Trinajstić information content (AvgIpc) is 3.13. The number of fused-ring (bicyclic) bond motifs is 2. The summed E-state index contributed by atoms with van der Waals surface area (Å²) >= 11 is 0. The first kappa shape index (κ1) is 27.3. The molecule has 2 aromatic heterocycles. The number of aromatic nitrogens is 3. The molecule has 1 aliphatic carbocycles. The van der Waals surface area contributed by atoms with Gasteiger partial charge < -0.3 is 21.1 Å². The summed E-state index contributed by atoms with van der Waals surface area (Å²) in [5.74, 6) is 1.71. The van der Waals surface area contributed by atoms with E-state index in [4.69, 9.17) is 21.2 Å². The minimum Gasteiger partial charge on any atom is -0.491 e. The molecule has 0 spiro atoms. The fourth-order valence-electron chi connectivity index (χ4n) is 5.15. The van der Waals surface area contributed by atoms with Crippen molar-refractivity contribution in [2.75, 3.05) is 30.3 Å². The van der Waals surface area contributed by atoms with Gasteiger partial charge in [-0.1, -0.05) is 26.8 Å². The number of aryl methyl sites for hydroxylation is 1. The van der Waals surface area contributed by atoms with Crippen molar-refractivity contribution in [1.82, 2.24) is 19.7 Å². The van der Waals surface area contributed by atoms with Crippen molar-refractivity contribution in [3.63, 3.8) is 0 Å². The fraction of sp³-hybridized carbons (Fsp3) is 0.464. The summed E-state index contributed by atoms with van der Waals surface area (Å²) in [6.07, 6.45) is 6.91. The van der Waals surface area contributed by atoms with Crippen molar-refractivity contribution in [2.45, 2.75) is 63.9 Å². The third-order valence-corrected chi connectivity index (χ3v) is 9.06. The van der Waals surface area contributed by atoms with Crippen LogP contribution in [0.5, 0.6) is 5.75 Å². The summed E-state index contributed by atoms with van der Waals surface area (Å²) in [6.45, 7) is 8.46. The number of nitrogens with zero attached hydrogens (tertiary/aromatic N) is 4. The monoisotopic (exact) mass is 551 g/mol. The van der Waals surface area contributed by atoms with Crippen LogP contribution in [0.4, 0.5) is 11.6 Å². The summed E-state index contributed by atoms with van der Waals surface area (Å²) in [7, 11) is -3.88. The first-order valence-electron chi connectivity index (χ1n) is 13.4. The number of ether oxygens (including phenoxy) is 1. The van der Waals surface area contributed by atoms with Gasteiger partial charge in [-0.2, -0.15) is 0 Å². The lowest BCUT2D eigenvalue weighted by molar-refractivity contribution is 0.310. The molecule has 208 valence electrons. The molecule has 0 bridgehead atoms. The van der Waals surface area contributed by atoms with Gasteiger partial charge in [-0.05, 0) is 54.9 Å². The second-order valence-electron chi connectivity index (χ2n) is 11.2. The molecule has 5 N–H and O–H groups in total. The van der Waals surface area contributed by atoms with Crippen molar-refractivity contribution >= 4 is 21.7 Å². The number of anilines is 2. The van der Waals surface area contributed by atoms with E-state index in [-0.39, 0.29) is 28.7 Å². The second-order valence-corrected chi connectivity index (χ2v) is 12.9. The molecule has 11 heteroatoms. The molecule has 5 rings (SSSR count). The molecule has 10 nitrogen and oxygen atoms in total. The lowest BCUT2D eigenvalue weighted by Crippen LogP contribution is -2.37. The summed E-state index contributed by atoms with van der Waals surface area (Å²) in [6, 6.07) is 7.14. The van der Waals surface area contributed by atoms with E-state index in [1.807, 2.05) is 25.1 Å². The molecule has 0 saturated heterocycles. The summed E-state index contributed by atoms with van der Waals surface area (Å²) in [5.41, 5.74) is 16.9. The molecule has 1 aromatic carbocycles. The number of sulfonamides is 1. The summed E-state index contributed by atoms with van der Waals surface area (Å²) in [4.78, 5) is 15.7. The number of nitrogens with one attached hydrogen (secondary N) is 1. The summed E-state index contributed by atoms with van der Waals surface area (Å²) in [5, 5.41) is 0. The van der Waals surface area contributed by atoms with Gasteiger partial charge in [-0.15, -0.1) is 0 Å². The highest BCUT2D eigenvalue weighted by Gasteiger charge is 2.31. The van der Waals surface area contributed by atoms with Crippen LogP contribution in [0.1, 0.15) is 50.4 Å². The normalized spacial score (nSPS) is 17.5. The van der Waals surface area contributed by atoms with Gasteiger partial charge in [0.15, 0.2) is 0 Å². The van der Waals surface area contributed by atoms with E-state index in [9.17, 15) is 8.42 Å². The average molecular weight is 552 g/mol. The van der Waals surface area contributed by atoms with Crippen LogP contribution < -0.4 is 25.8 Å². The molecule has 3 aromatic rings. The molecule has 0 saturated carbocycles. The van der Waals surface area contributed by atoms with E-state index in [0.717, 1.165) is 47.7 Å². The molecule has 1 atom stereocenters. The van der Waals surface area contributed by atoms with E-state index in [0.29, 0.717) is 31.7 Å². The van der Waals surface area contributed by atoms with Gasteiger partial charge in [0.05, 0.1) is 6.54 Å². The van der Waals surface area contributed by atoms with Crippen molar-refractivity contribution in [3.8, 4) is 16.9 Å². The Labute approximate surface area is 230 Å². The topological polar surface area (TPSA) is 149 Å². The van der Waals surface area contributed by atoms with Crippen LogP contribution in [0.3, 0.4) is 0 Å². The zero-order valence-corrected chi connectivity index (χ0v) is 23.6. The summed E-state index contributed by atoms with van der Waals surface area (Å²) < 4.78 is 34.6. The number of rotatable bonds is 7. The molecule has 39 heavy (non-hydrogen) atoms. The Kier molecular flexibility index (Phi) is 7.49. The Balaban J connectivity index is 1.46. The van der Waals surface area contributed by atoms with Crippen LogP contribution in [0.15, 0.2) is 41.7 Å². The quantitative estimate of drug-likeness (QED) is 0.403. The predicted octanol–water partition coefficient (Wildman–Crippen LogP) is 3.05. The van der Waals surface area contributed by atoms with Crippen LogP contribution in [0.25, 0.3) is 11.1 Å². The highest BCUT2D eigenvalue weighted by Crippen LogP contribution is 2.39. The third kappa shape index (κ3) is 5.85. The van der Waals surface area contributed by atoms with Crippen molar-refractivity contribution in [3.05, 3.63) is 53.6 Å². The van der Waals surface area contributed by atoms with E-state index >= 15 is 0 Å². The molecule has 3 heterocycles. The first-order valence-corrected chi connectivity index (χ1v) is 14.9. The molecule has 0 radical (unpaired) electrons. The Hall–Kier alpha value is -3.28. The molecule has 1 aliphatic heterocycles. The van der Waals surface area contributed by atoms with Gasteiger partial charge in [0.2, 0.25) is 10.0 Å². The maximum absolute atomic E-state index is 13.0. The van der Waals surface area contributed by atoms with Crippen LogP contribution in [-0.2, 0) is 29.4 Å². The van der Waals surface area contributed by atoms with Crippen molar-refractivity contribution < 1.29 is 13.2 Å². The van der Waals surface area contributed by atoms with Gasteiger partial charge in [0.25, 0.3) is 0 Å². The van der Waals surface area contributed by atoms with Crippen molar-refractivity contribution in [2.24, 2.45) is 11.1 Å². The fourth-order valence-corrected chi connectivity index (χ4v) is 6.35. The van der Waals surface area contributed by atoms with E-state index < -0.39 is 10.0 Å². The molecular weight excluding hydrogens is 514 g/mol. The Morgan fingerprint density at radius 1 is 1.18 bits per heavy atom. The van der Waals surface area contributed by atoms with Crippen LogP contribution in [0.2, 0.25) is 0 Å². The second kappa shape index (κ2) is 10.7. The van der Waals surface area contributed by atoms with Crippen LogP contribution in [-0.4, -0.2) is 49.1 Å². The molecular formula is C28H37N7O3S. The highest BCUT2D eigenvalue weighted by molar-refractivity contribution is 7.89. The first-order chi connectivity index (χ1) is 18.6. The smallest absolute Gasteiger partial charge is 0.244 e. The zero-order chi connectivity index (χ0) is 27.8. The SMILES string of the molecule is CCC(N)CNS(=O)(=O)c1cc(-c2ccc3c(c2)CN(c2ncnc4c2CC(C)(C)CC4)CCO3)cnc1N. The maximum atomic E-state index is 13.0. The van der Waals surface area contributed by atoms with E-state index in [1.165, 1.54) is 5.56 Å². The standard InChI is InChI=1S/C28H37N7O3S/c1-4-21(29)15-34-39(36,37)25-12-19(14-31-26(25)30)18-5-6-24-20(11-18)16-35(9-10-38-24)27-22-13-28(2,3)8-7-23(22)32-17-33-27/h5-6,11-12,14,17,21,34H,4,7-10,13,15-16,29H2,1-3H3,(H2,30,31). The Bertz CT molecular complexity index is 1480. The lowest BCUT2D eigenvalue weighted by atomic mass is 9.76. The minimum atomic E-state index is -3.88. The maximum Gasteiger partial charge on any atom is 0.244 e. The van der Waals surface area contributed by atoms with Gasteiger partial charge in [0.1, 0.15) is 35.2 Å². The molecule has 2 aliphatic rings. The van der Waals surface area contributed by atoms with Crippen molar-refractivity contribution in [1.29, 1.82) is 0 Å². The number of nitrogen functional groups attached to an aromatic ring is 1. The number of nitrogens with two attached hydrogens (primary N) is 2. The van der Waals surface area contributed by atoms with E-state index in [1.54, 1.807) is 18.6 Å². The number of hydrogen-bond donors (Lipinski definition) is 3. The number of benzene rings is 1. The minimum absolute atomic E-state index is 0.0583. The Morgan fingerprint density at radius 3 is 2.79 bits per heavy atom. The van der Waals surface area contributed by atoms with Gasteiger partial charge in [0, 0.05) is 47.7 Å². The predicted molar refractivity (Wildman–Crippen MR) is 152 cm³/mol. The van der Waals surface area contributed by atoms with Crippen LogP contribution >= 0.6 is 0 Å². The number of hydrogen-bond acceptors (Lipinski definition) is 9. The molecule has 1 unspecified atom stereocenters. The van der Waals surface area contributed by atoms with Gasteiger partial charge in [-0.25, -0.2) is 28.1 Å².